The predicted octanol–water partition coefficient (Wildman–Crippen LogP) is 1.18. The molecule has 2 amide bonds. The van der Waals surface area contributed by atoms with Crippen molar-refractivity contribution in [3.05, 3.63) is 28.0 Å². The van der Waals surface area contributed by atoms with E-state index in [0.717, 1.165) is 10.4 Å². The van der Waals surface area contributed by atoms with Crippen LogP contribution in [-0.4, -0.2) is 63.5 Å². The smallest absolute Gasteiger partial charge is 0.309 e. The highest BCUT2D eigenvalue weighted by atomic mass is 32.1. The molecular weight excluding hydrogens is 356 g/mol. The largest absolute Gasteiger partial charge is 0.481 e. The third kappa shape index (κ3) is 3.26. The number of aliphatic hydroxyl groups is 1. The highest BCUT2D eigenvalue weighted by Crippen LogP contribution is 2.42. The van der Waals surface area contributed by atoms with Gasteiger partial charge in [-0.3, -0.25) is 14.4 Å². The topological polar surface area (TPSA) is 98.2 Å². The zero-order chi connectivity index (χ0) is 18.9. The molecule has 0 aromatic carbocycles. The van der Waals surface area contributed by atoms with Gasteiger partial charge in [-0.2, -0.15) is 0 Å². The first kappa shape index (κ1) is 18.6. The second kappa shape index (κ2) is 7.20. The van der Waals surface area contributed by atoms with Gasteiger partial charge < -0.3 is 20.0 Å². The van der Waals surface area contributed by atoms with Crippen molar-refractivity contribution in [1.29, 1.82) is 0 Å². The maximum absolute atomic E-state index is 12.4. The summed E-state index contributed by atoms with van der Waals surface area (Å²) in [7, 11) is 1.66. The third-order valence-electron chi connectivity index (χ3n) is 5.56. The van der Waals surface area contributed by atoms with Gasteiger partial charge >= 0.3 is 5.97 Å². The Hall–Kier alpha value is -2.19. The molecule has 140 valence electrons. The number of carbonyl (C=O) groups excluding carboxylic acids is 2. The number of aliphatic hydroxyl groups excluding tert-OH is 1. The van der Waals surface area contributed by atoms with Gasteiger partial charge in [0, 0.05) is 37.5 Å². The molecule has 2 N–H and O–H groups in total. The molecular formula is C18H22N2O5S. The monoisotopic (exact) mass is 378 g/mol. The number of amides is 2. The molecule has 1 spiro atoms. The molecule has 2 aliphatic rings. The number of hydrogen-bond acceptors (Lipinski definition) is 5. The summed E-state index contributed by atoms with van der Waals surface area (Å²) in [4.78, 5) is 40.2. The molecule has 1 atom stereocenters. The molecule has 7 nitrogen and oxygen atoms in total. The standard InChI is InChI=1S/C18H22N2O5S/c1-19-16(23)9-14(17(24)25)18(19)4-6-20(7-5-18)15(22)3-2-13-8-12(10-21)11-26-13/h2-3,8,11,14,21H,4-7,9-10H2,1H3,(H,24,25)/b3-2+. The lowest BCUT2D eigenvalue weighted by atomic mass is 9.77. The van der Waals surface area contributed by atoms with Crippen LogP contribution in [0.5, 0.6) is 0 Å². The molecule has 0 bridgehead atoms. The van der Waals surface area contributed by atoms with E-state index in [9.17, 15) is 19.5 Å². The van der Waals surface area contributed by atoms with E-state index >= 15 is 0 Å². The van der Waals surface area contributed by atoms with Crippen LogP contribution >= 0.6 is 11.3 Å². The molecule has 2 saturated heterocycles. The van der Waals surface area contributed by atoms with Crippen LogP contribution in [0.4, 0.5) is 0 Å². The van der Waals surface area contributed by atoms with Crippen LogP contribution in [0.1, 0.15) is 29.7 Å². The van der Waals surface area contributed by atoms with Crippen molar-refractivity contribution in [3.63, 3.8) is 0 Å². The van der Waals surface area contributed by atoms with E-state index in [-0.39, 0.29) is 24.8 Å². The number of carboxylic acids is 1. The number of nitrogens with zero attached hydrogens (tertiary/aromatic N) is 2. The summed E-state index contributed by atoms with van der Waals surface area (Å²) < 4.78 is 0. The second-order valence-corrected chi connectivity index (χ2v) is 7.77. The number of aliphatic carboxylic acids is 1. The zero-order valence-corrected chi connectivity index (χ0v) is 15.4. The van der Waals surface area contributed by atoms with Gasteiger partial charge in [0.2, 0.25) is 11.8 Å². The van der Waals surface area contributed by atoms with E-state index in [1.165, 1.54) is 17.4 Å². The van der Waals surface area contributed by atoms with Crippen LogP contribution < -0.4 is 0 Å². The third-order valence-corrected chi connectivity index (χ3v) is 6.50. The molecule has 1 aromatic heterocycles. The van der Waals surface area contributed by atoms with E-state index < -0.39 is 17.4 Å². The first-order valence-electron chi connectivity index (χ1n) is 8.52. The lowest BCUT2D eigenvalue weighted by Gasteiger charge is -2.45. The average molecular weight is 378 g/mol. The van der Waals surface area contributed by atoms with Crippen LogP contribution in [0, 0.1) is 5.92 Å². The van der Waals surface area contributed by atoms with Crippen molar-refractivity contribution in [1.82, 2.24) is 9.80 Å². The Kier molecular flexibility index (Phi) is 5.15. The first-order chi connectivity index (χ1) is 12.4. The Balaban J connectivity index is 1.65. The number of piperidine rings is 1. The number of carboxylic acid groups (broad SMARTS) is 1. The van der Waals surface area contributed by atoms with Crippen molar-refractivity contribution in [2.24, 2.45) is 5.92 Å². The number of likely N-dealkylation sites (tertiary alicyclic amines) is 2. The van der Waals surface area contributed by atoms with Gasteiger partial charge in [-0.1, -0.05) is 0 Å². The highest BCUT2D eigenvalue weighted by molar-refractivity contribution is 7.11. The molecule has 8 heteroatoms. The van der Waals surface area contributed by atoms with Crippen molar-refractivity contribution >= 4 is 35.2 Å². The molecule has 26 heavy (non-hydrogen) atoms. The highest BCUT2D eigenvalue weighted by Gasteiger charge is 2.55. The number of thiophene rings is 1. The second-order valence-electron chi connectivity index (χ2n) is 6.83. The fourth-order valence-electron chi connectivity index (χ4n) is 3.92. The fourth-order valence-corrected chi connectivity index (χ4v) is 4.72. The van der Waals surface area contributed by atoms with Crippen LogP contribution in [0.2, 0.25) is 0 Å². The van der Waals surface area contributed by atoms with Gasteiger partial charge in [-0.25, -0.2) is 0 Å². The van der Waals surface area contributed by atoms with Crippen LogP contribution in [0.3, 0.4) is 0 Å². The molecule has 3 rings (SSSR count). The van der Waals surface area contributed by atoms with E-state index in [1.807, 2.05) is 11.4 Å². The summed E-state index contributed by atoms with van der Waals surface area (Å²) in [6, 6.07) is 1.83. The lowest BCUT2D eigenvalue weighted by molar-refractivity contribution is -0.146. The average Bonchev–Trinajstić information content (AvgIpc) is 3.19. The molecule has 2 fully saturated rings. The van der Waals surface area contributed by atoms with Crippen molar-refractivity contribution in [2.45, 2.75) is 31.4 Å². The quantitative estimate of drug-likeness (QED) is 0.767. The Morgan fingerprint density at radius 2 is 2.08 bits per heavy atom. The minimum atomic E-state index is -0.945. The van der Waals surface area contributed by atoms with E-state index in [0.29, 0.717) is 25.9 Å². The first-order valence-corrected chi connectivity index (χ1v) is 9.40. The zero-order valence-electron chi connectivity index (χ0n) is 14.6. The summed E-state index contributed by atoms with van der Waals surface area (Å²) >= 11 is 1.46. The normalized spacial score (nSPS) is 22.5. The van der Waals surface area contributed by atoms with Gasteiger partial charge in [0.05, 0.1) is 18.1 Å². The van der Waals surface area contributed by atoms with Crippen molar-refractivity contribution < 1.29 is 24.6 Å². The molecule has 1 unspecified atom stereocenters. The van der Waals surface area contributed by atoms with Crippen LogP contribution in [-0.2, 0) is 21.0 Å². The molecule has 2 aliphatic heterocycles. The molecule has 0 saturated carbocycles. The Bertz CT molecular complexity index is 749. The Morgan fingerprint density at radius 1 is 1.38 bits per heavy atom. The lowest BCUT2D eigenvalue weighted by Crippen LogP contribution is -2.56. The maximum atomic E-state index is 12.4. The van der Waals surface area contributed by atoms with Crippen molar-refractivity contribution in [2.75, 3.05) is 20.1 Å². The number of hydrogen-bond donors (Lipinski definition) is 2. The minimum Gasteiger partial charge on any atom is -0.481 e. The van der Waals surface area contributed by atoms with Crippen LogP contribution in [0.25, 0.3) is 6.08 Å². The Morgan fingerprint density at radius 3 is 2.65 bits per heavy atom. The van der Waals surface area contributed by atoms with E-state index in [4.69, 9.17) is 5.11 Å². The minimum absolute atomic E-state index is 0.0243. The summed E-state index contributed by atoms with van der Waals surface area (Å²) in [5, 5.41) is 20.4. The molecule has 3 heterocycles. The molecule has 1 aromatic rings. The Labute approximate surface area is 155 Å². The van der Waals surface area contributed by atoms with Gasteiger partial charge in [-0.05, 0) is 35.9 Å². The van der Waals surface area contributed by atoms with E-state index in [2.05, 4.69) is 0 Å². The maximum Gasteiger partial charge on any atom is 0.309 e. The molecule has 0 radical (unpaired) electrons. The summed E-state index contributed by atoms with van der Waals surface area (Å²) in [6.45, 7) is 0.831. The summed E-state index contributed by atoms with van der Waals surface area (Å²) in [5.74, 6) is -1.93. The predicted molar refractivity (Wildman–Crippen MR) is 96.3 cm³/mol. The van der Waals surface area contributed by atoms with Gasteiger partial charge in [0.25, 0.3) is 0 Å². The molecule has 0 aliphatic carbocycles. The van der Waals surface area contributed by atoms with E-state index in [1.54, 1.807) is 22.9 Å². The van der Waals surface area contributed by atoms with Gasteiger partial charge in [-0.15, -0.1) is 11.3 Å². The summed E-state index contributed by atoms with van der Waals surface area (Å²) in [5.41, 5.74) is 0.128. The number of rotatable bonds is 4. The summed E-state index contributed by atoms with van der Waals surface area (Å²) in [6.07, 6.45) is 4.20. The van der Waals surface area contributed by atoms with Gasteiger partial charge in [0.1, 0.15) is 0 Å². The number of carbonyl (C=O) groups is 3. The van der Waals surface area contributed by atoms with Crippen molar-refractivity contribution in [3.8, 4) is 0 Å². The van der Waals surface area contributed by atoms with Gasteiger partial charge in [0.15, 0.2) is 0 Å². The van der Waals surface area contributed by atoms with Crippen LogP contribution in [0.15, 0.2) is 17.5 Å². The SMILES string of the molecule is CN1C(=O)CC(C(=O)O)C12CCN(C(=O)/C=C/c1cc(CO)cs1)CC2. The fraction of sp³-hybridized carbons (Fsp3) is 0.500.